The molecule has 162 valence electrons. The lowest BCUT2D eigenvalue weighted by Gasteiger charge is -2.55. The first-order valence-corrected chi connectivity index (χ1v) is 11.9. The minimum Gasteiger partial charge on any atom is -0.280 e. The molecule has 3 aliphatic carbocycles. The minimum absolute atomic E-state index is 0.0173. The molecule has 0 saturated heterocycles. The van der Waals surface area contributed by atoms with E-state index in [1.165, 1.54) is 24.6 Å². The molecule has 8 heteroatoms. The number of halogens is 1. The molecule has 0 radical (unpaired) electrons. The number of hydrogen-bond donors (Lipinski definition) is 2. The van der Waals surface area contributed by atoms with Gasteiger partial charge in [0.1, 0.15) is 0 Å². The predicted molar refractivity (Wildman–Crippen MR) is 123 cm³/mol. The Balaban J connectivity index is 1.43. The number of carbonyl (C=O) groups is 1. The number of hydrogen-bond acceptors (Lipinski definition) is 4. The molecule has 0 aromatic heterocycles. The Morgan fingerprint density at radius 1 is 1.19 bits per heavy atom. The fourth-order valence-electron chi connectivity index (χ4n) is 4.31. The average Bonchev–Trinajstić information content (AvgIpc) is 2.75. The molecular formula is C23H24ClN3O3S. The molecule has 3 aliphatic rings. The molecule has 2 atom stereocenters. The predicted octanol–water partition coefficient (Wildman–Crippen LogP) is 4.85. The van der Waals surface area contributed by atoms with Gasteiger partial charge < -0.3 is 0 Å². The van der Waals surface area contributed by atoms with Crippen LogP contribution >= 0.6 is 11.6 Å². The Morgan fingerprint density at radius 2 is 1.94 bits per heavy atom. The van der Waals surface area contributed by atoms with Crippen molar-refractivity contribution in [2.75, 3.05) is 4.72 Å². The Kier molecular flexibility index (Phi) is 5.66. The van der Waals surface area contributed by atoms with Crippen molar-refractivity contribution in [2.24, 2.45) is 22.4 Å². The van der Waals surface area contributed by atoms with Crippen LogP contribution in [-0.4, -0.2) is 20.5 Å². The van der Waals surface area contributed by atoms with Crippen molar-refractivity contribution >= 4 is 39.4 Å². The lowest BCUT2D eigenvalue weighted by molar-refractivity contribution is -0.00126. The number of carbonyl (C=O) groups excluding carboxylic acids is 1. The summed E-state index contributed by atoms with van der Waals surface area (Å²) in [7, 11) is -3.86. The second-order valence-corrected chi connectivity index (χ2v) is 10.7. The van der Waals surface area contributed by atoms with Gasteiger partial charge in [0.05, 0.1) is 11.1 Å². The largest absolute Gasteiger partial charge is 0.280 e. The molecule has 2 aromatic carbocycles. The van der Waals surface area contributed by atoms with Gasteiger partial charge in [0, 0.05) is 16.3 Å². The van der Waals surface area contributed by atoms with Gasteiger partial charge in [-0.1, -0.05) is 37.6 Å². The number of allylic oxidation sites excluding steroid dienone is 2. The molecule has 1 amide bonds. The summed E-state index contributed by atoms with van der Waals surface area (Å²) in [6.07, 6.45) is 6.11. The first-order valence-electron chi connectivity index (χ1n) is 10.1. The molecule has 0 unspecified atom stereocenters. The zero-order chi connectivity index (χ0) is 22.2. The van der Waals surface area contributed by atoms with E-state index in [0.29, 0.717) is 16.6 Å². The number of amides is 1. The van der Waals surface area contributed by atoms with Crippen LogP contribution in [-0.2, 0) is 10.0 Å². The van der Waals surface area contributed by atoms with E-state index < -0.39 is 15.9 Å². The molecule has 0 heterocycles. The van der Waals surface area contributed by atoms with Crippen molar-refractivity contribution in [1.82, 2.24) is 5.43 Å². The van der Waals surface area contributed by atoms with Crippen molar-refractivity contribution in [3.8, 4) is 0 Å². The number of benzene rings is 2. The molecule has 31 heavy (non-hydrogen) atoms. The highest BCUT2D eigenvalue weighted by atomic mass is 35.5. The van der Waals surface area contributed by atoms with Gasteiger partial charge in [-0.2, -0.15) is 5.10 Å². The summed E-state index contributed by atoms with van der Waals surface area (Å²) in [5.74, 6) is 0.733. The standard InChI is InChI=1S/C23H24ClN3O3S/c1-23(2)17-7-6-16(21(23)13-17)14-25-26-22(28)15-4-3-5-20(12-15)31(29,30)27-19-10-8-18(24)9-11-19/h3-6,8-12,14,17,21,27H,7,13H2,1-2H3,(H,26,28)/b25-14-/t17-,21-/m1/s1. The quantitative estimate of drug-likeness (QED) is 0.480. The minimum atomic E-state index is -3.86. The van der Waals surface area contributed by atoms with Crippen molar-refractivity contribution in [3.05, 3.63) is 70.8 Å². The summed E-state index contributed by atoms with van der Waals surface area (Å²) >= 11 is 5.83. The smallest absolute Gasteiger partial charge is 0.271 e. The summed E-state index contributed by atoms with van der Waals surface area (Å²) in [6, 6.07) is 12.1. The van der Waals surface area contributed by atoms with Crippen LogP contribution < -0.4 is 10.1 Å². The van der Waals surface area contributed by atoms with Crippen LogP contribution in [0.2, 0.25) is 5.02 Å². The van der Waals surface area contributed by atoms with E-state index in [2.05, 4.69) is 35.2 Å². The van der Waals surface area contributed by atoms with Crippen molar-refractivity contribution in [2.45, 2.75) is 31.6 Å². The summed E-state index contributed by atoms with van der Waals surface area (Å²) in [6.45, 7) is 4.55. The van der Waals surface area contributed by atoms with Crippen LogP contribution in [0.1, 0.15) is 37.0 Å². The van der Waals surface area contributed by atoms with Crippen LogP contribution in [0.4, 0.5) is 5.69 Å². The lowest BCUT2D eigenvalue weighted by atomic mass is 9.49. The third-order valence-corrected chi connectivity index (χ3v) is 8.02. The van der Waals surface area contributed by atoms with Gasteiger partial charge in [-0.05, 0) is 78.1 Å². The summed E-state index contributed by atoms with van der Waals surface area (Å²) in [4.78, 5) is 12.5. The van der Waals surface area contributed by atoms with E-state index in [9.17, 15) is 13.2 Å². The monoisotopic (exact) mass is 457 g/mol. The highest BCUT2D eigenvalue weighted by Gasteiger charge is 2.50. The highest BCUT2D eigenvalue weighted by molar-refractivity contribution is 7.92. The van der Waals surface area contributed by atoms with Crippen molar-refractivity contribution in [3.63, 3.8) is 0 Å². The first-order chi connectivity index (χ1) is 14.7. The number of fused-ring (bicyclic) bond motifs is 1. The summed E-state index contributed by atoms with van der Waals surface area (Å²) < 4.78 is 27.8. The molecule has 5 rings (SSSR count). The Bertz CT molecular complexity index is 1170. The average molecular weight is 458 g/mol. The van der Waals surface area contributed by atoms with Crippen LogP contribution in [0.25, 0.3) is 0 Å². The van der Waals surface area contributed by atoms with Crippen molar-refractivity contribution in [1.29, 1.82) is 0 Å². The highest BCUT2D eigenvalue weighted by Crippen LogP contribution is 2.58. The van der Waals surface area contributed by atoms with E-state index in [1.807, 2.05) is 0 Å². The zero-order valence-electron chi connectivity index (χ0n) is 17.3. The van der Waals surface area contributed by atoms with Gasteiger partial charge in [-0.3, -0.25) is 9.52 Å². The first kappa shape index (κ1) is 21.6. The fourth-order valence-corrected chi connectivity index (χ4v) is 5.54. The Morgan fingerprint density at radius 3 is 2.61 bits per heavy atom. The number of sulfonamides is 1. The maximum Gasteiger partial charge on any atom is 0.271 e. The van der Waals surface area contributed by atoms with E-state index >= 15 is 0 Å². The molecule has 0 aliphatic heterocycles. The SMILES string of the molecule is CC1(C)[C@@H]2CC=C(/C=N\NC(=O)c3cccc(S(=O)(=O)Nc4ccc(Cl)cc4)c3)[C@H]1C2. The van der Waals surface area contributed by atoms with Gasteiger partial charge in [0.25, 0.3) is 15.9 Å². The van der Waals surface area contributed by atoms with E-state index in [4.69, 9.17) is 11.6 Å². The van der Waals surface area contributed by atoms with Gasteiger partial charge in [0.15, 0.2) is 0 Å². The molecular weight excluding hydrogens is 434 g/mol. The maximum absolute atomic E-state index is 12.7. The van der Waals surface area contributed by atoms with E-state index in [0.717, 1.165) is 17.9 Å². The number of rotatable bonds is 6. The molecule has 6 nitrogen and oxygen atoms in total. The maximum atomic E-state index is 12.7. The number of nitrogens with zero attached hydrogens (tertiary/aromatic N) is 1. The lowest BCUT2D eigenvalue weighted by Crippen LogP contribution is -2.48. The van der Waals surface area contributed by atoms with Gasteiger partial charge >= 0.3 is 0 Å². The third kappa shape index (κ3) is 4.38. The van der Waals surface area contributed by atoms with Gasteiger partial charge in [0.2, 0.25) is 0 Å². The van der Waals surface area contributed by atoms with Crippen LogP contribution in [0.3, 0.4) is 0 Å². The third-order valence-electron chi connectivity index (χ3n) is 6.39. The van der Waals surface area contributed by atoms with Crippen LogP contribution in [0, 0.1) is 17.3 Å². The van der Waals surface area contributed by atoms with Crippen LogP contribution in [0.5, 0.6) is 0 Å². The Labute approximate surface area is 187 Å². The van der Waals surface area contributed by atoms with E-state index in [1.54, 1.807) is 36.5 Å². The molecule has 0 spiro atoms. The normalized spacial score (nSPS) is 21.8. The zero-order valence-corrected chi connectivity index (χ0v) is 18.9. The number of hydrazone groups is 1. The van der Waals surface area contributed by atoms with Crippen molar-refractivity contribution < 1.29 is 13.2 Å². The summed E-state index contributed by atoms with van der Waals surface area (Å²) in [5, 5.41) is 4.62. The Hall–Kier alpha value is -2.64. The number of anilines is 1. The van der Waals surface area contributed by atoms with Gasteiger partial charge in [-0.15, -0.1) is 0 Å². The fraction of sp³-hybridized carbons (Fsp3) is 0.304. The molecule has 2 bridgehead atoms. The summed E-state index contributed by atoms with van der Waals surface area (Å²) in [5.41, 5.74) is 4.52. The second-order valence-electron chi connectivity index (χ2n) is 8.59. The van der Waals surface area contributed by atoms with Crippen LogP contribution in [0.15, 0.2) is 70.2 Å². The molecule has 1 saturated carbocycles. The second kappa shape index (κ2) is 8.13. The molecule has 2 aromatic rings. The topological polar surface area (TPSA) is 87.6 Å². The number of nitrogens with one attached hydrogen (secondary N) is 2. The molecule has 1 fully saturated rings. The van der Waals surface area contributed by atoms with Gasteiger partial charge in [-0.25, -0.2) is 13.8 Å². The molecule has 2 N–H and O–H groups in total. The van der Waals surface area contributed by atoms with E-state index in [-0.39, 0.29) is 15.9 Å².